The SMILES string of the molecule is Cc1nn(C2CC(C#N)C2)cc1Nc1ncc(Cl)c(OCC2CC3(COC3)C2)n1. The summed E-state index contributed by atoms with van der Waals surface area (Å²) in [6.07, 6.45) is 7.49. The largest absolute Gasteiger partial charge is 0.476 e. The van der Waals surface area contributed by atoms with Gasteiger partial charge in [-0.05, 0) is 38.5 Å². The number of anilines is 2. The van der Waals surface area contributed by atoms with Crippen molar-refractivity contribution in [2.24, 2.45) is 17.3 Å². The van der Waals surface area contributed by atoms with Gasteiger partial charge >= 0.3 is 0 Å². The van der Waals surface area contributed by atoms with E-state index in [4.69, 9.17) is 26.3 Å². The molecule has 0 aromatic carbocycles. The van der Waals surface area contributed by atoms with Crippen molar-refractivity contribution in [2.45, 2.75) is 38.6 Å². The van der Waals surface area contributed by atoms with Crippen LogP contribution in [0.25, 0.3) is 0 Å². The Balaban J connectivity index is 1.21. The summed E-state index contributed by atoms with van der Waals surface area (Å²) in [5, 5.41) is 17.1. The molecule has 0 unspecified atom stereocenters. The van der Waals surface area contributed by atoms with E-state index in [0.717, 1.165) is 50.3 Å². The molecule has 1 N–H and O–H groups in total. The van der Waals surface area contributed by atoms with Gasteiger partial charge in [0.05, 0.1) is 55.4 Å². The molecule has 1 saturated heterocycles. The van der Waals surface area contributed by atoms with Crippen LogP contribution in [0.1, 0.15) is 37.4 Å². The lowest BCUT2D eigenvalue weighted by Crippen LogP contribution is -2.53. The number of ether oxygens (including phenoxy) is 2. The molecule has 1 aliphatic heterocycles. The molecule has 1 spiro atoms. The summed E-state index contributed by atoms with van der Waals surface area (Å²) in [5.74, 6) is 1.49. The molecule has 0 radical (unpaired) electrons. The Morgan fingerprint density at radius 1 is 1.41 bits per heavy atom. The van der Waals surface area contributed by atoms with E-state index in [9.17, 15) is 0 Å². The zero-order chi connectivity index (χ0) is 20.0. The van der Waals surface area contributed by atoms with E-state index in [2.05, 4.69) is 26.5 Å². The molecule has 152 valence electrons. The highest BCUT2D eigenvalue weighted by Crippen LogP contribution is 2.50. The van der Waals surface area contributed by atoms with Crippen LogP contribution in [0.15, 0.2) is 12.4 Å². The number of hydrogen-bond donors (Lipinski definition) is 1. The lowest BCUT2D eigenvalue weighted by atomic mass is 9.61. The van der Waals surface area contributed by atoms with Crippen molar-refractivity contribution in [3.8, 4) is 11.9 Å². The lowest BCUT2D eigenvalue weighted by Gasteiger charge is -2.53. The van der Waals surface area contributed by atoms with Crippen molar-refractivity contribution < 1.29 is 9.47 Å². The van der Waals surface area contributed by atoms with Crippen molar-refractivity contribution >= 4 is 23.2 Å². The number of hydrogen-bond acceptors (Lipinski definition) is 7. The van der Waals surface area contributed by atoms with Crippen molar-refractivity contribution in [1.82, 2.24) is 19.7 Å². The summed E-state index contributed by atoms with van der Waals surface area (Å²) in [6.45, 7) is 4.31. The lowest BCUT2D eigenvalue weighted by molar-refractivity contribution is -0.183. The molecule has 9 heteroatoms. The maximum absolute atomic E-state index is 8.96. The fraction of sp³-hybridized carbons (Fsp3) is 0.600. The summed E-state index contributed by atoms with van der Waals surface area (Å²) in [4.78, 5) is 8.71. The summed E-state index contributed by atoms with van der Waals surface area (Å²) < 4.78 is 13.1. The molecular weight excluding hydrogens is 392 g/mol. The van der Waals surface area contributed by atoms with E-state index in [1.165, 1.54) is 0 Å². The van der Waals surface area contributed by atoms with E-state index in [1.807, 2.05) is 17.8 Å². The van der Waals surface area contributed by atoms with E-state index in [1.54, 1.807) is 6.20 Å². The van der Waals surface area contributed by atoms with Gasteiger partial charge in [-0.1, -0.05) is 11.6 Å². The molecule has 2 aliphatic carbocycles. The van der Waals surface area contributed by atoms with Crippen LogP contribution in [-0.2, 0) is 4.74 Å². The zero-order valence-electron chi connectivity index (χ0n) is 16.3. The second-order valence-corrected chi connectivity index (χ2v) is 9.02. The third kappa shape index (κ3) is 3.53. The van der Waals surface area contributed by atoms with Crippen molar-refractivity contribution in [3.63, 3.8) is 0 Å². The van der Waals surface area contributed by atoms with Crippen LogP contribution in [0, 0.1) is 35.5 Å². The monoisotopic (exact) mass is 414 g/mol. The van der Waals surface area contributed by atoms with Crippen LogP contribution in [-0.4, -0.2) is 39.6 Å². The molecule has 0 bridgehead atoms. The van der Waals surface area contributed by atoms with Gasteiger partial charge in [-0.15, -0.1) is 0 Å². The van der Waals surface area contributed by atoms with Crippen molar-refractivity contribution in [1.29, 1.82) is 5.26 Å². The van der Waals surface area contributed by atoms with E-state index in [-0.39, 0.29) is 12.0 Å². The Kier molecular flexibility index (Phi) is 4.60. The highest BCUT2D eigenvalue weighted by molar-refractivity contribution is 6.31. The molecule has 0 atom stereocenters. The minimum Gasteiger partial charge on any atom is -0.476 e. The number of halogens is 1. The highest BCUT2D eigenvalue weighted by Gasteiger charge is 2.49. The van der Waals surface area contributed by atoms with E-state index >= 15 is 0 Å². The van der Waals surface area contributed by atoms with Crippen LogP contribution in [0.5, 0.6) is 5.88 Å². The Morgan fingerprint density at radius 3 is 2.90 bits per heavy atom. The molecule has 2 saturated carbocycles. The molecule has 5 rings (SSSR count). The Labute approximate surface area is 174 Å². The first-order valence-corrected chi connectivity index (χ1v) is 10.4. The number of rotatable bonds is 6. The van der Waals surface area contributed by atoms with Gasteiger partial charge < -0.3 is 14.8 Å². The van der Waals surface area contributed by atoms with Crippen LogP contribution < -0.4 is 10.1 Å². The van der Waals surface area contributed by atoms with Crippen molar-refractivity contribution in [2.75, 3.05) is 25.1 Å². The quantitative estimate of drug-likeness (QED) is 0.770. The third-order valence-corrected chi connectivity index (χ3v) is 6.52. The molecule has 8 nitrogen and oxygen atoms in total. The second-order valence-electron chi connectivity index (χ2n) is 8.61. The van der Waals surface area contributed by atoms with Crippen molar-refractivity contribution in [3.05, 3.63) is 23.1 Å². The smallest absolute Gasteiger partial charge is 0.237 e. The van der Waals surface area contributed by atoms with Gasteiger partial charge in [0.25, 0.3) is 0 Å². The number of nitrogens with zero attached hydrogens (tertiary/aromatic N) is 5. The summed E-state index contributed by atoms with van der Waals surface area (Å²) in [5.41, 5.74) is 2.11. The summed E-state index contributed by atoms with van der Waals surface area (Å²) >= 11 is 6.23. The minimum absolute atomic E-state index is 0.141. The first-order valence-electron chi connectivity index (χ1n) is 9.99. The van der Waals surface area contributed by atoms with Crippen LogP contribution in [0.3, 0.4) is 0 Å². The van der Waals surface area contributed by atoms with Gasteiger partial charge in [-0.3, -0.25) is 4.68 Å². The highest BCUT2D eigenvalue weighted by atomic mass is 35.5. The second kappa shape index (κ2) is 7.15. The third-order valence-electron chi connectivity index (χ3n) is 6.26. The maximum atomic E-state index is 8.96. The molecule has 2 aromatic rings. The summed E-state index contributed by atoms with van der Waals surface area (Å²) in [7, 11) is 0. The molecular formula is C20H23ClN6O2. The molecule has 2 aromatic heterocycles. The fourth-order valence-corrected chi connectivity index (χ4v) is 4.59. The molecule has 0 amide bonds. The number of nitrogens with one attached hydrogen (secondary N) is 1. The summed E-state index contributed by atoms with van der Waals surface area (Å²) in [6, 6.07) is 2.59. The molecule has 29 heavy (non-hydrogen) atoms. The van der Waals surface area contributed by atoms with Gasteiger partial charge in [0.15, 0.2) is 0 Å². The van der Waals surface area contributed by atoms with Gasteiger partial charge in [0.1, 0.15) is 5.02 Å². The fourth-order valence-electron chi connectivity index (χ4n) is 4.44. The van der Waals surface area contributed by atoms with Crippen LogP contribution in [0.4, 0.5) is 11.6 Å². The van der Waals surface area contributed by atoms with Crippen LogP contribution in [0.2, 0.25) is 5.02 Å². The van der Waals surface area contributed by atoms with Gasteiger partial charge in [0.2, 0.25) is 11.8 Å². The first kappa shape index (κ1) is 18.6. The first-order chi connectivity index (χ1) is 14.0. The predicted octanol–water partition coefficient (Wildman–Crippen LogP) is 3.66. The van der Waals surface area contributed by atoms with Gasteiger partial charge in [0, 0.05) is 11.6 Å². The van der Waals surface area contributed by atoms with Gasteiger partial charge in [-0.25, -0.2) is 4.98 Å². The average Bonchev–Trinajstić information content (AvgIpc) is 2.94. The standard InChI is InChI=1S/C20H23ClN6O2/c1-12-17(8-27(26-12)15-2-13(3-15)6-22)24-19-23-7-16(21)18(25-19)29-9-14-4-20(5-14)10-28-11-20/h7-8,13-15H,2-5,9-11H2,1H3,(H,23,24,25). The van der Waals surface area contributed by atoms with E-state index in [0.29, 0.717) is 34.8 Å². The molecule has 3 heterocycles. The average molecular weight is 415 g/mol. The predicted molar refractivity (Wildman–Crippen MR) is 106 cm³/mol. The zero-order valence-corrected chi connectivity index (χ0v) is 17.0. The van der Waals surface area contributed by atoms with Crippen LogP contribution >= 0.6 is 11.6 Å². The van der Waals surface area contributed by atoms with Gasteiger partial charge in [-0.2, -0.15) is 15.3 Å². The Morgan fingerprint density at radius 2 is 2.21 bits per heavy atom. The molecule has 3 fully saturated rings. The minimum atomic E-state index is 0.141. The Bertz CT molecular complexity index is 952. The normalized spacial score (nSPS) is 24.9. The topological polar surface area (TPSA) is 97.9 Å². The number of aryl methyl sites for hydroxylation is 1. The maximum Gasteiger partial charge on any atom is 0.237 e. The Hall–Kier alpha value is -2.37. The molecule has 3 aliphatic rings. The van der Waals surface area contributed by atoms with E-state index < -0.39 is 0 Å². The number of aromatic nitrogens is 4. The number of nitriles is 1.